The van der Waals surface area contributed by atoms with Gasteiger partial charge in [0.25, 0.3) is 0 Å². The molecule has 0 heterocycles. The zero-order valence-corrected chi connectivity index (χ0v) is 24.6. The maximum absolute atomic E-state index is 13.3. The molecule has 4 aromatic carbocycles. The molecule has 0 amide bonds. The molecule has 0 aromatic heterocycles. The molecule has 6 nitrogen and oxygen atoms in total. The van der Waals surface area contributed by atoms with Gasteiger partial charge >= 0.3 is 5.97 Å². The summed E-state index contributed by atoms with van der Waals surface area (Å²) in [7, 11) is 0. The van der Waals surface area contributed by atoms with Crippen LogP contribution in [0.1, 0.15) is 70.7 Å². The van der Waals surface area contributed by atoms with Gasteiger partial charge in [-0.1, -0.05) is 65.8 Å². The van der Waals surface area contributed by atoms with E-state index in [1.165, 1.54) is 24.3 Å². The average Bonchev–Trinajstić information content (AvgIpc) is 2.87. The molecule has 0 unspecified atom stereocenters. The van der Waals surface area contributed by atoms with E-state index >= 15 is 0 Å². The minimum Gasteiger partial charge on any atom is -0.508 e. The van der Waals surface area contributed by atoms with Crippen molar-refractivity contribution in [1.82, 2.24) is 0 Å². The summed E-state index contributed by atoms with van der Waals surface area (Å²) < 4.78 is 0. The van der Waals surface area contributed by atoms with Gasteiger partial charge in [-0.3, -0.25) is 4.79 Å². The molecule has 4 rings (SSSR count). The molecule has 214 valence electrons. The molecule has 0 saturated heterocycles. The Kier molecular flexibility index (Phi) is 7.34. The Balaban J connectivity index is 2.05. The Morgan fingerprint density at radius 2 is 0.878 bits per heavy atom. The van der Waals surface area contributed by atoms with Crippen LogP contribution in [-0.4, -0.2) is 31.5 Å². The van der Waals surface area contributed by atoms with Crippen LogP contribution in [0.2, 0.25) is 0 Å². The molecule has 5 N–H and O–H groups in total. The molecule has 0 saturated carbocycles. The van der Waals surface area contributed by atoms with E-state index in [-0.39, 0.29) is 33.8 Å². The summed E-state index contributed by atoms with van der Waals surface area (Å²) in [5.74, 6) is -0.915. The van der Waals surface area contributed by atoms with E-state index in [1.54, 1.807) is 43.3 Å². The predicted octanol–water partition coefficient (Wildman–Crippen LogP) is 7.83. The van der Waals surface area contributed by atoms with Crippen LogP contribution in [0.15, 0.2) is 72.8 Å². The number of aliphatic carboxylic acids is 1. The van der Waals surface area contributed by atoms with E-state index in [0.29, 0.717) is 44.5 Å². The number of aromatic hydroxyl groups is 4. The molecule has 0 aliphatic heterocycles. The zero-order chi connectivity index (χ0) is 30.5. The Hall–Kier alpha value is -4.45. The van der Waals surface area contributed by atoms with Crippen LogP contribution in [0, 0.1) is 0 Å². The minimum absolute atomic E-state index is 0.0267. The number of phenols is 4. The first-order valence-corrected chi connectivity index (χ1v) is 13.5. The van der Waals surface area contributed by atoms with E-state index in [9.17, 15) is 30.3 Å². The highest BCUT2D eigenvalue weighted by molar-refractivity contribution is 5.93. The van der Waals surface area contributed by atoms with Crippen LogP contribution in [0.3, 0.4) is 0 Å². The van der Waals surface area contributed by atoms with Crippen LogP contribution >= 0.6 is 0 Å². The third kappa shape index (κ3) is 5.47. The Morgan fingerprint density at radius 3 is 1.20 bits per heavy atom. The molecule has 0 fully saturated rings. The van der Waals surface area contributed by atoms with Crippen molar-refractivity contribution in [2.75, 3.05) is 0 Å². The summed E-state index contributed by atoms with van der Waals surface area (Å²) in [5.41, 5.74) is 2.10. The summed E-state index contributed by atoms with van der Waals surface area (Å²) in [5, 5.41) is 53.0. The summed E-state index contributed by atoms with van der Waals surface area (Å²) in [6.07, 6.45) is 0. The topological polar surface area (TPSA) is 118 Å². The maximum Gasteiger partial charge on any atom is 0.318 e. The van der Waals surface area contributed by atoms with Crippen LogP contribution in [-0.2, 0) is 21.0 Å². The van der Waals surface area contributed by atoms with E-state index in [0.717, 1.165) is 0 Å². The first-order chi connectivity index (χ1) is 18.9. The molecule has 0 atom stereocenters. The predicted molar refractivity (Wildman–Crippen MR) is 162 cm³/mol. The van der Waals surface area contributed by atoms with Crippen molar-refractivity contribution in [3.05, 3.63) is 95.1 Å². The molecule has 0 bridgehead atoms. The van der Waals surface area contributed by atoms with Gasteiger partial charge in [0.2, 0.25) is 0 Å². The van der Waals surface area contributed by atoms with E-state index in [2.05, 4.69) is 0 Å². The highest BCUT2D eigenvalue weighted by Crippen LogP contribution is 2.46. The second kappa shape index (κ2) is 10.2. The average molecular weight is 555 g/mol. The standard InChI is InChI=1S/C35H38O6/c1-33(2,3)28-16-20(8-14-30(28)38)24-18-22(36)10-12-26(24)35(7,32(40)41)27-13-11-23(37)19-25(27)21-9-15-31(39)29(17-21)34(4,5)6/h8-19,36-39H,1-7H3,(H,40,41). The molecule has 4 aromatic rings. The quantitative estimate of drug-likeness (QED) is 0.172. The zero-order valence-electron chi connectivity index (χ0n) is 24.6. The Labute approximate surface area is 241 Å². The van der Waals surface area contributed by atoms with Crippen molar-refractivity contribution in [2.24, 2.45) is 0 Å². The van der Waals surface area contributed by atoms with E-state index < -0.39 is 11.4 Å². The maximum atomic E-state index is 13.3. The smallest absolute Gasteiger partial charge is 0.318 e. The van der Waals surface area contributed by atoms with Crippen molar-refractivity contribution in [2.45, 2.75) is 64.7 Å². The third-order valence-corrected chi connectivity index (χ3v) is 7.74. The molecular weight excluding hydrogens is 516 g/mol. The van der Waals surface area contributed by atoms with Gasteiger partial charge in [-0.15, -0.1) is 0 Å². The fourth-order valence-corrected chi connectivity index (χ4v) is 5.40. The number of hydrogen-bond donors (Lipinski definition) is 5. The number of rotatable bonds is 5. The monoisotopic (exact) mass is 554 g/mol. The lowest BCUT2D eigenvalue weighted by Crippen LogP contribution is -2.35. The second-order valence-corrected chi connectivity index (χ2v) is 12.9. The number of phenolic OH excluding ortho intramolecular Hbond substituents is 4. The van der Waals surface area contributed by atoms with Crippen molar-refractivity contribution < 1.29 is 30.3 Å². The fraction of sp³-hybridized carbons (Fsp3) is 0.286. The summed E-state index contributed by atoms with van der Waals surface area (Å²) in [6, 6.07) is 19.4. The van der Waals surface area contributed by atoms with Gasteiger partial charge in [0.15, 0.2) is 0 Å². The number of benzene rings is 4. The number of carboxylic acids is 1. The molecule has 0 spiro atoms. The SMILES string of the molecule is CC(C)(C)c1cc(-c2cc(O)ccc2C(C)(C(=O)O)c2ccc(O)cc2-c2ccc(O)c(C(C)(C)C)c2)ccc1O. The highest BCUT2D eigenvalue weighted by atomic mass is 16.4. The molecular formula is C35H38O6. The molecule has 6 heteroatoms. The normalized spacial score (nSPS) is 12.4. The van der Waals surface area contributed by atoms with Gasteiger partial charge < -0.3 is 25.5 Å². The van der Waals surface area contributed by atoms with Crippen molar-refractivity contribution >= 4 is 5.97 Å². The lowest BCUT2D eigenvalue weighted by atomic mass is 9.70. The van der Waals surface area contributed by atoms with Gasteiger partial charge in [-0.25, -0.2) is 0 Å². The highest BCUT2D eigenvalue weighted by Gasteiger charge is 2.41. The fourth-order valence-electron chi connectivity index (χ4n) is 5.40. The number of hydrogen-bond acceptors (Lipinski definition) is 5. The summed E-state index contributed by atoms with van der Waals surface area (Å²) >= 11 is 0. The molecule has 0 aliphatic rings. The van der Waals surface area contributed by atoms with Crippen molar-refractivity contribution in [3.8, 4) is 45.3 Å². The summed E-state index contributed by atoms with van der Waals surface area (Å²) in [4.78, 5) is 13.3. The van der Waals surface area contributed by atoms with Gasteiger partial charge in [0.05, 0.1) is 0 Å². The van der Waals surface area contributed by atoms with Crippen LogP contribution < -0.4 is 0 Å². The molecule has 0 aliphatic carbocycles. The van der Waals surface area contributed by atoms with Gasteiger partial charge in [0.1, 0.15) is 28.4 Å². The minimum atomic E-state index is -1.63. The molecule has 41 heavy (non-hydrogen) atoms. The van der Waals surface area contributed by atoms with E-state index in [4.69, 9.17) is 0 Å². The van der Waals surface area contributed by atoms with Gasteiger partial charge in [-0.05, 0) is 111 Å². The number of carboxylic acid groups (broad SMARTS) is 1. The van der Waals surface area contributed by atoms with Gasteiger partial charge in [-0.2, -0.15) is 0 Å². The molecule has 0 radical (unpaired) electrons. The summed E-state index contributed by atoms with van der Waals surface area (Å²) in [6.45, 7) is 13.5. The Bertz CT molecular complexity index is 1520. The first kappa shape index (κ1) is 29.5. The number of carbonyl (C=O) groups is 1. The Morgan fingerprint density at radius 1 is 0.512 bits per heavy atom. The van der Waals surface area contributed by atoms with Crippen LogP contribution in [0.25, 0.3) is 22.3 Å². The van der Waals surface area contributed by atoms with Crippen LogP contribution in [0.5, 0.6) is 23.0 Å². The van der Waals surface area contributed by atoms with Gasteiger partial charge in [0, 0.05) is 0 Å². The first-order valence-electron chi connectivity index (χ1n) is 13.5. The van der Waals surface area contributed by atoms with Crippen molar-refractivity contribution in [1.29, 1.82) is 0 Å². The lowest BCUT2D eigenvalue weighted by molar-refractivity contribution is -0.141. The largest absolute Gasteiger partial charge is 0.508 e. The van der Waals surface area contributed by atoms with Crippen LogP contribution in [0.4, 0.5) is 0 Å². The van der Waals surface area contributed by atoms with E-state index in [1.807, 2.05) is 53.7 Å². The lowest BCUT2D eigenvalue weighted by Gasteiger charge is -2.31. The van der Waals surface area contributed by atoms with Crippen molar-refractivity contribution in [3.63, 3.8) is 0 Å². The third-order valence-electron chi connectivity index (χ3n) is 7.74. The second-order valence-electron chi connectivity index (χ2n) is 12.9.